The monoisotopic (exact) mass is 247 g/mol. The molecule has 1 aliphatic rings. The molecule has 3 rings (SSSR count). The van der Waals surface area contributed by atoms with E-state index >= 15 is 0 Å². The van der Waals surface area contributed by atoms with Crippen LogP contribution in [0, 0.1) is 0 Å². The lowest BCUT2D eigenvalue weighted by Crippen LogP contribution is -2.43. The van der Waals surface area contributed by atoms with Crippen molar-refractivity contribution in [2.75, 3.05) is 0 Å². The van der Waals surface area contributed by atoms with Crippen LogP contribution >= 0.6 is 11.3 Å². The predicted octanol–water partition coefficient (Wildman–Crippen LogP) is 2.90. The Balaban J connectivity index is 1.84. The highest BCUT2D eigenvalue weighted by atomic mass is 32.1. The lowest BCUT2D eigenvalue weighted by Gasteiger charge is -2.32. The van der Waals surface area contributed by atoms with Gasteiger partial charge in [0.25, 0.3) is 0 Å². The van der Waals surface area contributed by atoms with Crippen LogP contribution in [0.4, 0.5) is 0 Å². The molecule has 2 N–H and O–H groups in total. The van der Waals surface area contributed by atoms with Crippen LogP contribution in [0.25, 0.3) is 10.3 Å². The first kappa shape index (κ1) is 11.1. The minimum absolute atomic E-state index is 0.0217. The van der Waals surface area contributed by atoms with Crippen molar-refractivity contribution in [3.8, 4) is 0 Å². The van der Waals surface area contributed by atoms with Crippen LogP contribution < -0.4 is 5.73 Å². The number of thiazole rings is 1. The molecular formula is C13H17N3S. The van der Waals surface area contributed by atoms with Crippen molar-refractivity contribution in [3.05, 3.63) is 23.3 Å². The summed E-state index contributed by atoms with van der Waals surface area (Å²) in [6.07, 6.45) is 8.86. The van der Waals surface area contributed by atoms with Gasteiger partial charge in [0, 0.05) is 18.2 Å². The van der Waals surface area contributed by atoms with Crippen LogP contribution in [-0.4, -0.2) is 15.5 Å². The van der Waals surface area contributed by atoms with Crippen molar-refractivity contribution in [2.24, 2.45) is 5.73 Å². The molecule has 0 amide bonds. The van der Waals surface area contributed by atoms with E-state index in [-0.39, 0.29) is 5.54 Å². The molecule has 2 aromatic rings. The molecule has 0 bridgehead atoms. The van der Waals surface area contributed by atoms with Crippen LogP contribution in [0.1, 0.15) is 37.1 Å². The van der Waals surface area contributed by atoms with Crippen molar-refractivity contribution in [1.82, 2.24) is 9.97 Å². The molecule has 0 aromatic carbocycles. The molecule has 0 radical (unpaired) electrons. The minimum Gasteiger partial charge on any atom is -0.325 e. The maximum absolute atomic E-state index is 6.46. The number of nitrogens with two attached hydrogens (primary N) is 1. The zero-order valence-corrected chi connectivity index (χ0v) is 10.7. The molecule has 0 atom stereocenters. The fourth-order valence-corrected chi connectivity index (χ4v) is 3.68. The standard InChI is InChI=1S/C13H17N3S/c14-13(6-2-1-3-7-13)9-11-16-10-5-4-8-15-12(10)17-11/h4-5,8H,1-3,6-7,9,14H2. The number of fused-ring (bicyclic) bond motifs is 1. The van der Waals surface area contributed by atoms with Gasteiger partial charge in [0.15, 0.2) is 0 Å². The highest BCUT2D eigenvalue weighted by molar-refractivity contribution is 7.18. The number of hydrogen-bond acceptors (Lipinski definition) is 4. The second kappa shape index (κ2) is 4.35. The Labute approximate surface area is 105 Å². The largest absolute Gasteiger partial charge is 0.325 e. The molecule has 0 unspecified atom stereocenters. The molecule has 17 heavy (non-hydrogen) atoms. The molecule has 2 heterocycles. The van der Waals surface area contributed by atoms with E-state index < -0.39 is 0 Å². The van der Waals surface area contributed by atoms with Gasteiger partial charge in [0.1, 0.15) is 10.3 Å². The summed E-state index contributed by atoms with van der Waals surface area (Å²) >= 11 is 1.69. The molecular weight excluding hydrogens is 230 g/mol. The maximum atomic E-state index is 6.46. The van der Waals surface area contributed by atoms with Gasteiger partial charge in [-0.1, -0.05) is 30.6 Å². The molecule has 90 valence electrons. The number of aromatic nitrogens is 2. The van der Waals surface area contributed by atoms with Gasteiger partial charge < -0.3 is 5.73 Å². The van der Waals surface area contributed by atoms with Gasteiger partial charge in [-0.05, 0) is 25.0 Å². The quantitative estimate of drug-likeness (QED) is 0.887. The average Bonchev–Trinajstić information content (AvgIpc) is 2.71. The maximum Gasteiger partial charge on any atom is 0.143 e. The third-order valence-corrected chi connectivity index (χ3v) is 4.54. The molecule has 0 aliphatic heterocycles. The van der Waals surface area contributed by atoms with E-state index in [1.165, 1.54) is 19.3 Å². The van der Waals surface area contributed by atoms with Gasteiger partial charge in [-0.2, -0.15) is 0 Å². The van der Waals surface area contributed by atoms with Crippen molar-refractivity contribution < 1.29 is 0 Å². The minimum atomic E-state index is -0.0217. The fourth-order valence-electron chi connectivity index (χ4n) is 2.62. The molecule has 1 aliphatic carbocycles. The molecule has 1 fully saturated rings. The second-order valence-corrected chi connectivity index (χ2v) is 6.10. The average molecular weight is 247 g/mol. The molecule has 0 spiro atoms. The summed E-state index contributed by atoms with van der Waals surface area (Å²) in [5.74, 6) is 0. The first-order valence-corrected chi connectivity index (χ1v) is 7.06. The molecule has 3 nitrogen and oxygen atoms in total. The van der Waals surface area contributed by atoms with E-state index in [0.717, 1.165) is 34.6 Å². The van der Waals surface area contributed by atoms with Gasteiger partial charge in [0.05, 0.1) is 5.01 Å². The zero-order chi connectivity index (χ0) is 11.7. The number of hydrogen-bond donors (Lipinski definition) is 1. The first-order valence-electron chi connectivity index (χ1n) is 6.25. The van der Waals surface area contributed by atoms with Crippen molar-refractivity contribution in [3.63, 3.8) is 0 Å². The third-order valence-electron chi connectivity index (χ3n) is 3.56. The van der Waals surface area contributed by atoms with E-state index in [4.69, 9.17) is 5.73 Å². The lowest BCUT2D eigenvalue weighted by atomic mass is 9.80. The van der Waals surface area contributed by atoms with Gasteiger partial charge in [-0.3, -0.25) is 0 Å². The van der Waals surface area contributed by atoms with Gasteiger partial charge in [0.2, 0.25) is 0 Å². The fraction of sp³-hybridized carbons (Fsp3) is 0.538. The summed E-state index contributed by atoms with van der Waals surface area (Å²) in [5, 5.41) is 1.14. The summed E-state index contributed by atoms with van der Waals surface area (Å²) in [7, 11) is 0. The third kappa shape index (κ3) is 2.33. The van der Waals surface area contributed by atoms with Crippen LogP contribution in [0.3, 0.4) is 0 Å². The summed E-state index contributed by atoms with van der Waals surface area (Å²) in [4.78, 5) is 9.99. The van der Waals surface area contributed by atoms with Gasteiger partial charge >= 0.3 is 0 Å². The highest BCUT2D eigenvalue weighted by Crippen LogP contribution is 2.31. The van der Waals surface area contributed by atoms with Gasteiger partial charge in [-0.25, -0.2) is 9.97 Å². The lowest BCUT2D eigenvalue weighted by molar-refractivity contribution is 0.294. The number of rotatable bonds is 2. The van der Waals surface area contributed by atoms with E-state index in [9.17, 15) is 0 Å². The van der Waals surface area contributed by atoms with Crippen molar-refractivity contribution >= 4 is 21.7 Å². The number of pyridine rings is 1. The summed E-state index contributed by atoms with van der Waals surface area (Å²) in [5.41, 5.74) is 7.44. The first-order chi connectivity index (χ1) is 8.25. The zero-order valence-electron chi connectivity index (χ0n) is 9.85. The highest BCUT2D eigenvalue weighted by Gasteiger charge is 2.28. The molecule has 0 saturated heterocycles. The van der Waals surface area contributed by atoms with Crippen LogP contribution in [0.2, 0.25) is 0 Å². The Bertz CT molecular complexity index is 481. The predicted molar refractivity (Wildman–Crippen MR) is 71.1 cm³/mol. The van der Waals surface area contributed by atoms with Crippen molar-refractivity contribution in [2.45, 2.75) is 44.1 Å². The van der Waals surface area contributed by atoms with Crippen LogP contribution in [-0.2, 0) is 6.42 Å². The summed E-state index contributed by atoms with van der Waals surface area (Å²) in [6, 6.07) is 3.96. The Hall–Kier alpha value is -1.00. The molecule has 1 saturated carbocycles. The second-order valence-electron chi connectivity index (χ2n) is 5.04. The Morgan fingerprint density at radius 2 is 2.12 bits per heavy atom. The van der Waals surface area contributed by atoms with E-state index in [0.29, 0.717) is 0 Å². The Morgan fingerprint density at radius 1 is 1.29 bits per heavy atom. The smallest absolute Gasteiger partial charge is 0.143 e. The van der Waals surface area contributed by atoms with Crippen LogP contribution in [0.5, 0.6) is 0 Å². The van der Waals surface area contributed by atoms with Gasteiger partial charge in [-0.15, -0.1) is 0 Å². The Morgan fingerprint density at radius 3 is 2.88 bits per heavy atom. The van der Waals surface area contributed by atoms with E-state index in [1.807, 2.05) is 18.3 Å². The van der Waals surface area contributed by atoms with Crippen LogP contribution in [0.15, 0.2) is 18.3 Å². The normalized spacial score (nSPS) is 19.6. The van der Waals surface area contributed by atoms with E-state index in [2.05, 4.69) is 9.97 Å². The van der Waals surface area contributed by atoms with Crippen molar-refractivity contribution in [1.29, 1.82) is 0 Å². The van der Waals surface area contributed by atoms with E-state index in [1.54, 1.807) is 11.3 Å². The Kier molecular flexibility index (Phi) is 2.84. The summed E-state index contributed by atoms with van der Waals surface area (Å²) in [6.45, 7) is 0. The summed E-state index contributed by atoms with van der Waals surface area (Å²) < 4.78 is 0. The topological polar surface area (TPSA) is 51.8 Å². The molecule has 4 heteroatoms. The SMILES string of the molecule is NC1(Cc2nc3cccnc3s2)CCCCC1. The number of nitrogens with zero attached hydrogens (tertiary/aromatic N) is 2. The molecule has 2 aromatic heterocycles.